The number of para-hydroxylation sites is 1. The molecule has 2 aliphatic carbocycles. The Morgan fingerprint density at radius 1 is 0.448 bits per heavy atom. The van der Waals surface area contributed by atoms with E-state index in [2.05, 4.69) is 188 Å². The average molecular weight is 741 g/mol. The summed E-state index contributed by atoms with van der Waals surface area (Å²) in [6, 6.07) is 65.4. The van der Waals surface area contributed by atoms with Crippen LogP contribution in [-0.2, 0) is 11.8 Å². The first-order valence-corrected chi connectivity index (χ1v) is 20.1. The maximum absolute atomic E-state index is 6.76. The molecule has 12 rings (SSSR count). The zero-order chi connectivity index (χ0) is 38.2. The van der Waals surface area contributed by atoms with E-state index in [0.717, 1.165) is 74.7 Å². The Bertz CT molecular complexity index is 3110. The molecule has 3 heteroatoms. The highest BCUT2D eigenvalue weighted by Gasteiger charge is 2.51. The van der Waals surface area contributed by atoms with Crippen molar-refractivity contribution in [1.82, 2.24) is 9.97 Å². The fraction of sp³-hybridized carbons (Fsp3) is 0.0545. The van der Waals surface area contributed by atoms with Crippen LogP contribution in [-0.4, -0.2) is 9.97 Å². The van der Waals surface area contributed by atoms with Crippen molar-refractivity contribution in [3.63, 3.8) is 0 Å². The lowest BCUT2D eigenvalue weighted by Crippen LogP contribution is -2.32. The van der Waals surface area contributed by atoms with Crippen LogP contribution in [0.5, 0.6) is 11.5 Å². The van der Waals surface area contributed by atoms with Crippen molar-refractivity contribution in [2.24, 2.45) is 0 Å². The summed E-state index contributed by atoms with van der Waals surface area (Å²) in [7, 11) is 0. The second-order valence-corrected chi connectivity index (χ2v) is 15.5. The molecule has 0 saturated carbocycles. The Balaban J connectivity index is 1.05. The van der Waals surface area contributed by atoms with Crippen molar-refractivity contribution < 1.29 is 4.74 Å². The Kier molecular flexibility index (Phi) is 7.27. The molecule has 0 radical (unpaired) electrons. The van der Waals surface area contributed by atoms with E-state index in [1.165, 1.54) is 44.2 Å². The van der Waals surface area contributed by atoms with Crippen molar-refractivity contribution in [1.29, 1.82) is 0 Å². The van der Waals surface area contributed by atoms with Crippen LogP contribution in [0.1, 0.15) is 39.8 Å². The molecule has 0 saturated heterocycles. The van der Waals surface area contributed by atoms with Crippen molar-refractivity contribution >= 4 is 16.8 Å². The minimum atomic E-state index is -0.551. The maximum Gasteiger partial charge on any atom is 0.161 e. The van der Waals surface area contributed by atoms with Crippen LogP contribution >= 0.6 is 0 Å². The number of allylic oxidation sites excluding steroid dienone is 1. The summed E-state index contributed by atoms with van der Waals surface area (Å²) in [5, 5.41) is 2.50. The molecular weight excluding hydrogens is 705 g/mol. The van der Waals surface area contributed by atoms with Gasteiger partial charge in [0.2, 0.25) is 0 Å². The van der Waals surface area contributed by atoms with E-state index < -0.39 is 5.41 Å². The zero-order valence-electron chi connectivity index (χ0n) is 31.7. The average Bonchev–Trinajstić information content (AvgIpc) is 3.59. The summed E-state index contributed by atoms with van der Waals surface area (Å²) in [5.41, 5.74) is 16.6. The molecule has 9 aromatic rings. The van der Waals surface area contributed by atoms with Gasteiger partial charge in [-0.05, 0) is 98.5 Å². The molecule has 0 fully saturated rings. The van der Waals surface area contributed by atoms with Gasteiger partial charge >= 0.3 is 0 Å². The minimum absolute atomic E-state index is 0.551. The molecular formula is C55H36N2O. The number of aryl methyl sites for hydroxylation is 1. The smallest absolute Gasteiger partial charge is 0.161 e. The number of hydrogen-bond donors (Lipinski definition) is 0. The van der Waals surface area contributed by atoms with Crippen LogP contribution in [0, 0.1) is 0 Å². The highest BCUT2D eigenvalue weighted by Crippen LogP contribution is 2.62. The normalized spacial score (nSPS) is 13.9. The van der Waals surface area contributed by atoms with Crippen molar-refractivity contribution in [2.75, 3.05) is 0 Å². The lowest BCUT2D eigenvalue weighted by Gasteiger charge is -2.39. The van der Waals surface area contributed by atoms with Gasteiger partial charge in [0.25, 0.3) is 0 Å². The van der Waals surface area contributed by atoms with Gasteiger partial charge in [0.05, 0.1) is 16.8 Å². The Hall–Kier alpha value is -7.36. The van der Waals surface area contributed by atoms with Gasteiger partial charge in [0, 0.05) is 27.8 Å². The molecule has 272 valence electrons. The molecule has 2 heterocycles. The second-order valence-electron chi connectivity index (χ2n) is 15.5. The van der Waals surface area contributed by atoms with Crippen molar-refractivity contribution in [3.8, 4) is 67.7 Å². The summed E-state index contributed by atoms with van der Waals surface area (Å²) < 4.78 is 6.76. The van der Waals surface area contributed by atoms with E-state index in [1.807, 2.05) is 6.07 Å². The third-order valence-electron chi connectivity index (χ3n) is 12.4. The summed E-state index contributed by atoms with van der Waals surface area (Å²) in [4.78, 5) is 10.7. The minimum Gasteiger partial charge on any atom is -0.457 e. The van der Waals surface area contributed by atoms with Crippen molar-refractivity contribution in [2.45, 2.75) is 18.3 Å². The van der Waals surface area contributed by atoms with E-state index >= 15 is 0 Å². The summed E-state index contributed by atoms with van der Waals surface area (Å²) in [5.74, 6) is 2.44. The maximum atomic E-state index is 6.76. The summed E-state index contributed by atoms with van der Waals surface area (Å²) in [6.45, 7) is 0. The topological polar surface area (TPSA) is 35.0 Å². The van der Waals surface area contributed by atoms with Crippen molar-refractivity contribution in [3.05, 3.63) is 221 Å². The summed E-state index contributed by atoms with van der Waals surface area (Å²) in [6.07, 6.45) is 6.76. The molecule has 1 spiro atoms. The molecule has 0 unspecified atom stereocenters. The molecule has 0 atom stereocenters. The number of fused-ring (bicyclic) bond motifs is 12. The van der Waals surface area contributed by atoms with Gasteiger partial charge in [-0.25, -0.2) is 9.97 Å². The molecule has 8 aromatic carbocycles. The first-order chi connectivity index (χ1) is 28.7. The monoisotopic (exact) mass is 740 g/mol. The van der Waals surface area contributed by atoms with Crippen LogP contribution in [0.15, 0.2) is 188 Å². The molecule has 58 heavy (non-hydrogen) atoms. The molecule has 0 amide bonds. The molecule has 1 aromatic heterocycles. The molecule has 3 nitrogen and oxygen atoms in total. The zero-order valence-corrected chi connectivity index (χ0v) is 31.7. The van der Waals surface area contributed by atoms with Gasteiger partial charge in [0.15, 0.2) is 5.82 Å². The highest BCUT2D eigenvalue weighted by atomic mass is 16.5. The van der Waals surface area contributed by atoms with Gasteiger partial charge in [-0.2, -0.15) is 0 Å². The third kappa shape index (κ3) is 4.86. The van der Waals surface area contributed by atoms with Gasteiger partial charge in [-0.3, -0.25) is 0 Å². The molecule has 0 N–H and O–H groups in total. The first-order valence-electron chi connectivity index (χ1n) is 20.1. The first kappa shape index (κ1) is 32.8. The van der Waals surface area contributed by atoms with E-state index in [0.29, 0.717) is 5.82 Å². The van der Waals surface area contributed by atoms with Gasteiger partial charge in [-0.15, -0.1) is 0 Å². The lowest BCUT2D eigenvalue weighted by molar-refractivity contribution is 0.436. The fourth-order valence-corrected chi connectivity index (χ4v) is 9.84. The molecule has 1 aliphatic heterocycles. The van der Waals surface area contributed by atoms with Crippen LogP contribution in [0.3, 0.4) is 0 Å². The number of aromatic nitrogens is 2. The van der Waals surface area contributed by atoms with Gasteiger partial charge in [-0.1, -0.05) is 164 Å². The Morgan fingerprint density at radius 2 is 1.09 bits per heavy atom. The quantitative estimate of drug-likeness (QED) is 0.180. The second kappa shape index (κ2) is 12.8. The predicted molar refractivity (Wildman–Crippen MR) is 236 cm³/mol. The van der Waals surface area contributed by atoms with E-state index in [4.69, 9.17) is 14.7 Å². The SMILES string of the molecule is C1=Cc2c(ccc3cc(-c4cc(-c5ccccc5)nc(-c5ccccc5-c5ccc6c(c5)C5(c7ccccc7O6)c6ccccc6-c6ccccc65)n4)ccc23)CC1. The predicted octanol–water partition coefficient (Wildman–Crippen LogP) is 13.7. The highest BCUT2D eigenvalue weighted by molar-refractivity contribution is 5.95. The number of hydrogen-bond acceptors (Lipinski definition) is 3. The third-order valence-corrected chi connectivity index (χ3v) is 12.4. The van der Waals surface area contributed by atoms with Crippen LogP contribution < -0.4 is 4.74 Å². The van der Waals surface area contributed by atoms with Crippen LogP contribution in [0.25, 0.3) is 73.0 Å². The Morgan fingerprint density at radius 3 is 1.88 bits per heavy atom. The number of rotatable bonds is 4. The molecule has 0 bridgehead atoms. The number of ether oxygens (including phenoxy) is 1. The van der Waals surface area contributed by atoms with E-state index in [9.17, 15) is 0 Å². The van der Waals surface area contributed by atoms with Gasteiger partial charge in [0.1, 0.15) is 11.5 Å². The lowest BCUT2D eigenvalue weighted by atomic mass is 9.65. The van der Waals surface area contributed by atoms with Gasteiger partial charge < -0.3 is 4.74 Å². The summed E-state index contributed by atoms with van der Waals surface area (Å²) >= 11 is 0. The van der Waals surface area contributed by atoms with E-state index in [-0.39, 0.29) is 0 Å². The van der Waals surface area contributed by atoms with Crippen LogP contribution in [0.2, 0.25) is 0 Å². The molecule has 3 aliphatic rings. The number of nitrogens with zero attached hydrogens (tertiary/aromatic N) is 2. The fourth-order valence-electron chi connectivity index (χ4n) is 9.84. The number of benzene rings is 8. The largest absolute Gasteiger partial charge is 0.457 e. The van der Waals surface area contributed by atoms with E-state index in [1.54, 1.807) is 0 Å². The standard InChI is InChI=1S/C55H36N2O/c1-2-15-36(16-3-1)50-34-51(39-28-30-42-37(32-39)27-26-35-14-4-5-17-40(35)42)57-54(56-50)45-21-7-6-18-41(45)38-29-31-53-49(33-38)55(48-24-12-13-25-52(48)58-53)46-22-10-8-19-43(46)44-20-9-11-23-47(44)55/h1-3,5-13,15-34H,4,14H2. The Labute approximate surface area is 337 Å². The van der Waals surface area contributed by atoms with Crippen LogP contribution in [0.4, 0.5) is 0 Å².